The summed E-state index contributed by atoms with van der Waals surface area (Å²) in [7, 11) is 0. The molecular formula is C14H16. The lowest BCUT2D eigenvalue weighted by Gasteiger charge is -2.35. The van der Waals surface area contributed by atoms with E-state index in [0.29, 0.717) is 0 Å². The lowest BCUT2D eigenvalue weighted by Crippen LogP contribution is -2.23. The fourth-order valence-corrected chi connectivity index (χ4v) is 2.98. The topological polar surface area (TPSA) is 0 Å². The predicted molar refractivity (Wildman–Crippen MR) is 59.9 cm³/mol. The van der Waals surface area contributed by atoms with E-state index in [4.69, 9.17) is 0 Å². The average molecular weight is 184 g/mol. The standard InChI is InChI=1S/C14H16/c1-3-7-13-11(5-1)9-10-12-6-2-4-8-14(12)13/h1,3,5-6,9-10,13-14H,2,4,7-8H2. The zero-order chi connectivity index (χ0) is 9.38. The van der Waals surface area contributed by atoms with Crippen molar-refractivity contribution in [1.82, 2.24) is 0 Å². The molecule has 14 heavy (non-hydrogen) atoms. The van der Waals surface area contributed by atoms with Crippen LogP contribution >= 0.6 is 0 Å². The normalized spacial score (nSPS) is 34.3. The molecule has 0 aliphatic heterocycles. The van der Waals surface area contributed by atoms with Crippen LogP contribution in [-0.4, -0.2) is 0 Å². The van der Waals surface area contributed by atoms with Crippen LogP contribution in [-0.2, 0) is 0 Å². The van der Waals surface area contributed by atoms with Gasteiger partial charge in [-0.25, -0.2) is 0 Å². The molecule has 0 fully saturated rings. The molecule has 0 aromatic carbocycles. The average Bonchev–Trinajstić information content (AvgIpc) is 2.29. The first-order chi connectivity index (χ1) is 6.95. The summed E-state index contributed by atoms with van der Waals surface area (Å²) in [6.07, 6.45) is 19.2. The Morgan fingerprint density at radius 1 is 1.07 bits per heavy atom. The van der Waals surface area contributed by atoms with Gasteiger partial charge in [0.1, 0.15) is 0 Å². The second-order valence-electron chi connectivity index (χ2n) is 4.51. The number of rotatable bonds is 0. The third-order valence-electron chi connectivity index (χ3n) is 3.72. The number of hydrogen-bond donors (Lipinski definition) is 0. The van der Waals surface area contributed by atoms with Gasteiger partial charge in [-0.2, -0.15) is 0 Å². The van der Waals surface area contributed by atoms with E-state index < -0.39 is 0 Å². The van der Waals surface area contributed by atoms with Gasteiger partial charge in [0, 0.05) is 0 Å². The molecule has 72 valence electrons. The van der Waals surface area contributed by atoms with Crippen molar-refractivity contribution in [3.05, 3.63) is 47.6 Å². The Balaban J connectivity index is 2.01. The van der Waals surface area contributed by atoms with Crippen molar-refractivity contribution in [2.24, 2.45) is 11.8 Å². The van der Waals surface area contributed by atoms with Crippen molar-refractivity contribution in [3.63, 3.8) is 0 Å². The molecule has 0 aromatic heterocycles. The molecule has 3 aliphatic carbocycles. The molecule has 2 unspecified atom stereocenters. The highest BCUT2D eigenvalue weighted by Crippen LogP contribution is 2.42. The summed E-state index contributed by atoms with van der Waals surface area (Å²) in [5, 5.41) is 0. The molecule has 0 spiro atoms. The number of hydrogen-bond acceptors (Lipinski definition) is 0. The predicted octanol–water partition coefficient (Wildman–Crippen LogP) is 3.79. The highest BCUT2D eigenvalue weighted by molar-refractivity contribution is 5.42. The zero-order valence-electron chi connectivity index (χ0n) is 8.45. The van der Waals surface area contributed by atoms with Gasteiger partial charge in [-0.1, -0.05) is 36.5 Å². The molecule has 0 aromatic rings. The van der Waals surface area contributed by atoms with Crippen molar-refractivity contribution in [2.45, 2.75) is 25.7 Å². The van der Waals surface area contributed by atoms with E-state index in [0.717, 1.165) is 11.8 Å². The van der Waals surface area contributed by atoms with E-state index in [-0.39, 0.29) is 0 Å². The molecule has 0 heteroatoms. The third-order valence-corrected chi connectivity index (χ3v) is 3.72. The van der Waals surface area contributed by atoms with Gasteiger partial charge in [-0.3, -0.25) is 0 Å². The minimum Gasteiger partial charge on any atom is -0.0839 e. The smallest absolute Gasteiger partial charge is 0.00585 e. The van der Waals surface area contributed by atoms with Gasteiger partial charge in [-0.15, -0.1) is 0 Å². The van der Waals surface area contributed by atoms with Crippen LogP contribution in [0.5, 0.6) is 0 Å². The SMILES string of the molecule is C1=CCC2C(=C1)C=CC1=CCCCC12. The summed E-state index contributed by atoms with van der Waals surface area (Å²) in [5.74, 6) is 1.61. The van der Waals surface area contributed by atoms with Crippen LogP contribution in [0, 0.1) is 11.8 Å². The van der Waals surface area contributed by atoms with E-state index >= 15 is 0 Å². The third kappa shape index (κ3) is 1.21. The summed E-state index contributed by atoms with van der Waals surface area (Å²) in [5.41, 5.74) is 3.16. The zero-order valence-corrected chi connectivity index (χ0v) is 8.45. The lowest BCUT2D eigenvalue weighted by atomic mass is 9.69. The van der Waals surface area contributed by atoms with Crippen LogP contribution in [0.1, 0.15) is 25.7 Å². The molecular weight excluding hydrogens is 168 g/mol. The van der Waals surface area contributed by atoms with E-state index in [9.17, 15) is 0 Å². The van der Waals surface area contributed by atoms with E-state index in [1.807, 2.05) is 0 Å². The summed E-state index contributed by atoms with van der Waals surface area (Å²) < 4.78 is 0. The quantitative estimate of drug-likeness (QED) is 0.537. The number of allylic oxidation sites excluding steroid dienone is 8. The van der Waals surface area contributed by atoms with Gasteiger partial charge in [0.25, 0.3) is 0 Å². The molecule has 0 nitrogen and oxygen atoms in total. The Labute approximate surface area is 85.7 Å². The van der Waals surface area contributed by atoms with Crippen LogP contribution in [0.3, 0.4) is 0 Å². The van der Waals surface area contributed by atoms with Crippen LogP contribution in [0.25, 0.3) is 0 Å². The van der Waals surface area contributed by atoms with Crippen LogP contribution in [0.4, 0.5) is 0 Å². The molecule has 3 aliphatic rings. The van der Waals surface area contributed by atoms with Crippen molar-refractivity contribution < 1.29 is 0 Å². The Morgan fingerprint density at radius 2 is 2.00 bits per heavy atom. The van der Waals surface area contributed by atoms with Gasteiger partial charge < -0.3 is 0 Å². The maximum Gasteiger partial charge on any atom is -0.00585 e. The van der Waals surface area contributed by atoms with E-state index in [1.54, 1.807) is 11.1 Å². The van der Waals surface area contributed by atoms with Crippen LogP contribution < -0.4 is 0 Å². The highest BCUT2D eigenvalue weighted by Gasteiger charge is 2.30. The Bertz CT molecular complexity index is 352. The van der Waals surface area contributed by atoms with Gasteiger partial charge in [0.05, 0.1) is 0 Å². The monoisotopic (exact) mass is 184 g/mol. The molecule has 0 bridgehead atoms. The summed E-state index contributed by atoms with van der Waals surface area (Å²) in [6, 6.07) is 0. The summed E-state index contributed by atoms with van der Waals surface area (Å²) >= 11 is 0. The van der Waals surface area contributed by atoms with Crippen LogP contribution in [0.15, 0.2) is 47.6 Å². The minimum absolute atomic E-state index is 0.788. The van der Waals surface area contributed by atoms with Gasteiger partial charge in [-0.05, 0) is 48.7 Å². The van der Waals surface area contributed by atoms with Crippen LogP contribution in [0.2, 0.25) is 0 Å². The molecule has 0 saturated heterocycles. The number of fused-ring (bicyclic) bond motifs is 3. The Hall–Kier alpha value is -1.04. The molecule has 0 N–H and O–H groups in total. The first-order valence-corrected chi connectivity index (χ1v) is 5.70. The first-order valence-electron chi connectivity index (χ1n) is 5.70. The van der Waals surface area contributed by atoms with Crippen molar-refractivity contribution >= 4 is 0 Å². The van der Waals surface area contributed by atoms with E-state index in [2.05, 4.69) is 36.5 Å². The lowest BCUT2D eigenvalue weighted by molar-refractivity contribution is 0.388. The van der Waals surface area contributed by atoms with E-state index in [1.165, 1.54) is 25.7 Å². The van der Waals surface area contributed by atoms with Gasteiger partial charge in [0.15, 0.2) is 0 Å². The summed E-state index contributed by atoms with van der Waals surface area (Å²) in [4.78, 5) is 0. The van der Waals surface area contributed by atoms with Gasteiger partial charge >= 0.3 is 0 Å². The Kier molecular flexibility index (Phi) is 1.93. The molecule has 0 heterocycles. The maximum atomic E-state index is 2.44. The largest absolute Gasteiger partial charge is 0.0839 e. The fraction of sp³-hybridized carbons (Fsp3) is 0.429. The van der Waals surface area contributed by atoms with Gasteiger partial charge in [0.2, 0.25) is 0 Å². The fourth-order valence-electron chi connectivity index (χ4n) is 2.98. The molecule has 0 amide bonds. The van der Waals surface area contributed by atoms with Crippen molar-refractivity contribution in [2.75, 3.05) is 0 Å². The Morgan fingerprint density at radius 3 is 3.00 bits per heavy atom. The highest BCUT2D eigenvalue weighted by atomic mass is 14.3. The second-order valence-corrected chi connectivity index (χ2v) is 4.51. The first kappa shape index (κ1) is 8.28. The van der Waals surface area contributed by atoms with Crippen molar-refractivity contribution in [3.8, 4) is 0 Å². The second kappa shape index (κ2) is 3.27. The van der Waals surface area contributed by atoms with Crippen molar-refractivity contribution in [1.29, 1.82) is 0 Å². The maximum absolute atomic E-state index is 2.44. The minimum atomic E-state index is 0.788. The molecule has 3 rings (SSSR count). The molecule has 0 saturated carbocycles. The molecule has 0 radical (unpaired) electrons. The molecule has 2 atom stereocenters. The summed E-state index contributed by atoms with van der Waals surface area (Å²) in [6.45, 7) is 0.